The Balaban J connectivity index is 1.57. The average Bonchev–Trinajstić information content (AvgIpc) is 2.70. The summed E-state index contributed by atoms with van der Waals surface area (Å²) in [5.74, 6) is -0.530. The lowest BCUT2D eigenvalue weighted by molar-refractivity contribution is 0.0465. The number of amides is 1. The van der Waals surface area contributed by atoms with Gasteiger partial charge in [-0.3, -0.25) is 9.20 Å². The van der Waals surface area contributed by atoms with Crippen LogP contribution in [0.25, 0.3) is 5.65 Å². The van der Waals surface area contributed by atoms with Crippen molar-refractivity contribution in [1.29, 1.82) is 0 Å². The Hall–Kier alpha value is -3.68. The molecule has 1 N–H and O–H groups in total. The number of nitrogens with zero attached hydrogens (tertiary/aromatic N) is 2. The molecule has 0 spiro atoms. The van der Waals surface area contributed by atoms with Gasteiger partial charge < -0.3 is 14.8 Å². The Labute approximate surface area is 179 Å². The molecule has 8 heteroatoms. The molecule has 1 aromatic carbocycles. The van der Waals surface area contributed by atoms with E-state index in [-0.39, 0.29) is 18.7 Å². The van der Waals surface area contributed by atoms with Crippen molar-refractivity contribution in [3.8, 4) is 0 Å². The number of alkyl carbamates (subject to hydrolysis) is 1. The molecule has 0 aliphatic carbocycles. The number of carbonyl (C=O) groups is 2. The van der Waals surface area contributed by atoms with Crippen LogP contribution in [-0.2, 0) is 22.6 Å². The van der Waals surface area contributed by atoms with Crippen LogP contribution >= 0.6 is 0 Å². The summed E-state index contributed by atoms with van der Waals surface area (Å²) in [6, 6.07) is 11.6. The van der Waals surface area contributed by atoms with Crippen molar-refractivity contribution in [2.75, 3.05) is 0 Å². The zero-order valence-electron chi connectivity index (χ0n) is 18.0. The number of ether oxygens (including phenoxy) is 2. The fraction of sp³-hybridized carbons (Fsp3) is 0.304. The molecule has 0 fully saturated rings. The molecule has 0 aliphatic rings. The van der Waals surface area contributed by atoms with Crippen molar-refractivity contribution in [2.45, 2.75) is 46.4 Å². The average molecular weight is 423 g/mol. The Morgan fingerprint density at radius 2 is 1.81 bits per heavy atom. The zero-order chi connectivity index (χ0) is 22.6. The highest BCUT2D eigenvalue weighted by Crippen LogP contribution is 2.10. The molecule has 0 aliphatic heterocycles. The van der Waals surface area contributed by atoms with Crippen LogP contribution in [0.5, 0.6) is 0 Å². The number of aromatic nitrogens is 2. The van der Waals surface area contributed by atoms with Gasteiger partial charge in [-0.15, -0.1) is 0 Å². The molecule has 0 saturated carbocycles. The third kappa shape index (κ3) is 6.15. The van der Waals surface area contributed by atoms with Crippen LogP contribution in [0.15, 0.2) is 53.5 Å². The Bertz CT molecular complexity index is 1160. The maximum Gasteiger partial charge on any atom is 0.407 e. The molecular weight excluding hydrogens is 398 g/mol. The van der Waals surface area contributed by atoms with Gasteiger partial charge in [-0.05, 0) is 57.0 Å². The molecule has 31 heavy (non-hydrogen) atoms. The second-order valence-electron chi connectivity index (χ2n) is 8.15. The van der Waals surface area contributed by atoms with Gasteiger partial charge in [0.2, 0.25) is 0 Å². The standard InChI is InChI=1S/C23H25N3O5/c1-15-5-10-19-25-18(11-20(27)26(19)13-15)14-30-21(28)17-8-6-16(7-9-17)12-24-22(29)31-23(2,3)4/h5-11,13H,12,14H2,1-4H3,(H,24,29). The summed E-state index contributed by atoms with van der Waals surface area (Å²) in [7, 11) is 0. The molecule has 2 heterocycles. The first-order valence-corrected chi connectivity index (χ1v) is 9.82. The molecular formula is C23H25N3O5. The number of hydrogen-bond acceptors (Lipinski definition) is 6. The van der Waals surface area contributed by atoms with Crippen molar-refractivity contribution in [1.82, 2.24) is 14.7 Å². The second-order valence-corrected chi connectivity index (χ2v) is 8.15. The van der Waals surface area contributed by atoms with E-state index in [4.69, 9.17) is 9.47 Å². The molecule has 8 nitrogen and oxygen atoms in total. The summed E-state index contributed by atoms with van der Waals surface area (Å²) >= 11 is 0. The number of nitrogens with one attached hydrogen (secondary N) is 1. The SMILES string of the molecule is Cc1ccc2nc(COC(=O)c3ccc(CNC(=O)OC(C)(C)C)cc3)cc(=O)n2c1. The number of carbonyl (C=O) groups excluding carboxylic acids is 2. The molecule has 2 aromatic heterocycles. The van der Waals surface area contributed by atoms with Crippen molar-refractivity contribution >= 4 is 17.7 Å². The molecule has 0 radical (unpaired) electrons. The van der Waals surface area contributed by atoms with E-state index in [9.17, 15) is 14.4 Å². The Kier molecular flexibility index (Phi) is 6.39. The van der Waals surface area contributed by atoms with Gasteiger partial charge in [-0.2, -0.15) is 0 Å². The van der Waals surface area contributed by atoms with Crippen LogP contribution in [0.1, 0.15) is 48.0 Å². The number of aryl methyl sites for hydroxylation is 1. The molecule has 3 aromatic rings. The molecule has 0 bridgehead atoms. The van der Waals surface area contributed by atoms with E-state index in [2.05, 4.69) is 10.3 Å². The first-order chi connectivity index (χ1) is 14.6. The van der Waals surface area contributed by atoms with Crippen molar-refractivity contribution in [2.24, 2.45) is 0 Å². The quantitative estimate of drug-likeness (QED) is 0.632. The molecule has 0 saturated heterocycles. The summed E-state index contributed by atoms with van der Waals surface area (Å²) in [4.78, 5) is 40.6. The minimum atomic E-state index is -0.567. The fourth-order valence-electron chi connectivity index (χ4n) is 2.80. The normalized spacial score (nSPS) is 11.2. The smallest absolute Gasteiger partial charge is 0.407 e. The minimum absolute atomic E-state index is 0.111. The van der Waals surface area contributed by atoms with Gasteiger partial charge in [-0.25, -0.2) is 14.6 Å². The number of rotatable bonds is 5. The second kappa shape index (κ2) is 8.99. The predicted molar refractivity (Wildman–Crippen MR) is 115 cm³/mol. The summed E-state index contributed by atoms with van der Waals surface area (Å²) in [6.07, 6.45) is 1.20. The topological polar surface area (TPSA) is 99.0 Å². The van der Waals surface area contributed by atoms with E-state index >= 15 is 0 Å². The lowest BCUT2D eigenvalue weighted by Crippen LogP contribution is -2.32. The van der Waals surface area contributed by atoms with E-state index in [0.717, 1.165) is 11.1 Å². The van der Waals surface area contributed by atoms with Crippen LogP contribution in [-0.4, -0.2) is 27.0 Å². The number of esters is 1. The monoisotopic (exact) mass is 423 g/mol. The van der Waals surface area contributed by atoms with Gasteiger partial charge in [0.05, 0.1) is 11.3 Å². The summed E-state index contributed by atoms with van der Waals surface area (Å²) in [5, 5.41) is 2.66. The lowest BCUT2D eigenvalue weighted by atomic mass is 10.1. The third-order valence-corrected chi connectivity index (χ3v) is 4.24. The van der Waals surface area contributed by atoms with Crippen molar-refractivity contribution in [3.63, 3.8) is 0 Å². The zero-order valence-corrected chi connectivity index (χ0v) is 18.0. The van der Waals surface area contributed by atoms with E-state index in [1.54, 1.807) is 57.3 Å². The third-order valence-electron chi connectivity index (χ3n) is 4.24. The van der Waals surface area contributed by atoms with Crippen LogP contribution < -0.4 is 10.9 Å². The number of benzene rings is 1. The molecule has 0 unspecified atom stereocenters. The van der Waals surface area contributed by atoms with E-state index in [1.807, 2.05) is 13.0 Å². The largest absolute Gasteiger partial charge is 0.456 e. The lowest BCUT2D eigenvalue weighted by Gasteiger charge is -2.19. The fourth-order valence-corrected chi connectivity index (χ4v) is 2.80. The number of hydrogen-bond donors (Lipinski definition) is 1. The number of pyridine rings is 1. The van der Waals surface area contributed by atoms with Gasteiger partial charge in [0.1, 0.15) is 17.9 Å². The summed E-state index contributed by atoms with van der Waals surface area (Å²) in [6.45, 7) is 7.42. The van der Waals surface area contributed by atoms with Gasteiger partial charge >= 0.3 is 12.1 Å². The van der Waals surface area contributed by atoms with Gasteiger partial charge in [0.15, 0.2) is 0 Å². The first-order valence-electron chi connectivity index (χ1n) is 9.82. The highest BCUT2D eigenvalue weighted by atomic mass is 16.6. The highest BCUT2D eigenvalue weighted by Gasteiger charge is 2.16. The van der Waals surface area contributed by atoms with E-state index in [0.29, 0.717) is 16.9 Å². The van der Waals surface area contributed by atoms with Crippen molar-refractivity contribution < 1.29 is 19.1 Å². The Morgan fingerprint density at radius 1 is 1.10 bits per heavy atom. The first kappa shape index (κ1) is 22.0. The van der Waals surface area contributed by atoms with Gasteiger partial charge in [0, 0.05) is 18.8 Å². The van der Waals surface area contributed by atoms with Gasteiger partial charge in [0.25, 0.3) is 5.56 Å². The highest BCUT2D eigenvalue weighted by molar-refractivity contribution is 5.89. The maximum absolute atomic E-state index is 12.3. The maximum atomic E-state index is 12.3. The summed E-state index contributed by atoms with van der Waals surface area (Å²) in [5.41, 5.74) is 2.17. The molecule has 1 amide bonds. The van der Waals surface area contributed by atoms with Gasteiger partial charge in [-0.1, -0.05) is 18.2 Å². The molecule has 162 valence electrons. The van der Waals surface area contributed by atoms with Crippen LogP contribution in [0, 0.1) is 6.92 Å². The summed E-state index contributed by atoms with van der Waals surface area (Å²) < 4.78 is 11.9. The van der Waals surface area contributed by atoms with Crippen LogP contribution in [0.4, 0.5) is 4.79 Å². The van der Waals surface area contributed by atoms with Crippen LogP contribution in [0.2, 0.25) is 0 Å². The minimum Gasteiger partial charge on any atom is -0.456 e. The van der Waals surface area contributed by atoms with E-state index in [1.165, 1.54) is 10.5 Å². The Morgan fingerprint density at radius 3 is 2.48 bits per heavy atom. The number of fused-ring (bicyclic) bond motifs is 1. The molecule has 3 rings (SSSR count). The van der Waals surface area contributed by atoms with Crippen LogP contribution in [0.3, 0.4) is 0 Å². The van der Waals surface area contributed by atoms with Crippen molar-refractivity contribution in [3.05, 3.63) is 81.4 Å². The predicted octanol–water partition coefficient (Wildman–Crippen LogP) is 3.38. The van der Waals surface area contributed by atoms with E-state index < -0.39 is 17.7 Å². The molecule has 0 atom stereocenters.